The molecule has 0 bridgehead atoms. The number of nitrogens with zero attached hydrogens (tertiary/aromatic N) is 1. The third-order valence-corrected chi connectivity index (χ3v) is 2.12. The van der Waals surface area contributed by atoms with E-state index in [9.17, 15) is 0 Å². The molecule has 1 rings (SSSR count). The van der Waals surface area contributed by atoms with Crippen molar-refractivity contribution in [2.45, 2.75) is 25.4 Å². The highest BCUT2D eigenvalue weighted by atomic mass is 16.5. The molecule has 2 unspecified atom stereocenters. The number of rotatable bonds is 4. The average molecular weight is 187 g/mol. The first-order valence-corrected chi connectivity index (χ1v) is 4.93. The van der Waals surface area contributed by atoms with Gasteiger partial charge >= 0.3 is 0 Å². The maximum absolute atomic E-state index is 5.38. The Labute approximate surface area is 80.6 Å². The lowest BCUT2D eigenvalue weighted by Gasteiger charge is -2.28. The van der Waals surface area contributed by atoms with Crippen molar-refractivity contribution < 1.29 is 4.74 Å². The van der Waals surface area contributed by atoms with Crippen molar-refractivity contribution in [2.75, 3.05) is 33.9 Å². The number of nitrogens with one attached hydrogen (secondary N) is 2. The van der Waals surface area contributed by atoms with E-state index in [4.69, 9.17) is 4.74 Å². The van der Waals surface area contributed by atoms with Crippen molar-refractivity contribution in [1.82, 2.24) is 15.8 Å². The summed E-state index contributed by atoms with van der Waals surface area (Å²) in [5.74, 6) is 0. The minimum atomic E-state index is 0.495. The molecule has 0 amide bonds. The zero-order valence-corrected chi connectivity index (χ0v) is 8.84. The molecule has 1 fully saturated rings. The average Bonchev–Trinajstić information content (AvgIpc) is 2.04. The van der Waals surface area contributed by atoms with Gasteiger partial charge in [0.25, 0.3) is 0 Å². The number of morpholine rings is 1. The summed E-state index contributed by atoms with van der Waals surface area (Å²) in [6.07, 6.45) is 1.11. The number of hydrogen-bond acceptors (Lipinski definition) is 4. The third kappa shape index (κ3) is 4.57. The van der Waals surface area contributed by atoms with E-state index in [0.29, 0.717) is 12.1 Å². The summed E-state index contributed by atoms with van der Waals surface area (Å²) in [5, 5.41) is 5.43. The Morgan fingerprint density at radius 3 is 2.92 bits per heavy atom. The molecular weight excluding hydrogens is 166 g/mol. The SMILES string of the molecule is CC(CC1COCCN1)NN(C)C. The largest absolute Gasteiger partial charge is 0.379 e. The van der Waals surface area contributed by atoms with E-state index in [1.54, 1.807) is 0 Å². The molecule has 1 saturated heterocycles. The van der Waals surface area contributed by atoms with Gasteiger partial charge in [-0.3, -0.25) is 10.4 Å². The Bertz CT molecular complexity index is 135. The molecule has 2 atom stereocenters. The minimum absolute atomic E-state index is 0.495. The van der Waals surface area contributed by atoms with Gasteiger partial charge < -0.3 is 10.1 Å². The molecule has 0 aliphatic carbocycles. The summed E-state index contributed by atoms with van der Waals surface area (Å²) in [6.45, 7) is 4.88. The number of hydrazine groups is 1. The summed E-state index contributed by atoms with van der Waals surface area (Å²) in [5.41, 5.74) is 3.33. The molecule has 13 heavy (non-hydrogen) atoms. The van der Waals surface area contributed by atoms with Gasteiger partial charge in [0, 0.05) is 32.7 Å². The van der Waals surface area contributed by atoms with Crippen LogP contribution in [0.4, 0.5) is 0 Å². The maximum Gasteiger partial charge on any atom is 0.0620 e. The topological polar surface area (TPSA) is 36.5 Å². The van der Waals surface area contributed by atoms with E-state index in [1.807, 2.05) is 19.1 Å². The minimum Gasteiger partial charge on any atom is -0.379 e. The van der Waals surface area contributed by atoms with Gasteiger partial charge in [0.2, 0.25) is 0 Å². The van der Waals surface area contributed by atoms with E-state index in [-0.39, 0.29) is 0 Å². The molecule has 4 nitrogen and oxygen atoms in total. The van der Waals surface area contributed by atoms with Gasteiger partial charge in [0.1, 0.15) is 0 Å². The summed E-state index contributed by atoms with van der Waals surface area (Å²) in [7, 11) is 4.03. The second kappa shape index (κ2) is 5.54. The predicted octanol–water partition coefficient (Wildman–Crippen LogP) is -0.180. The normalized spacial score (nSPS) is 26.3. The Balaban J connectivity index is 2.14. The van der Waals surface area contributed by atoms with Crippen LogP contribution in [0.3, 0.4) is 0 Å². The quantitative estimate of drug-likeness (QED) is 0.599. The van der Waals surface area contributed by atoms with Crippen LogP contribution in [0.15, 0.2) is 0 Å². The molecule has 0 saturated carbocycles. The maximum atomic E-state index is 5.38. The van der Waals surface area contributed by atoms with Crippen LogP contribution >= 0.6 is 0 Å². The lowest BCUT2D eigenvalue weighted by molar-refractivity contribution is 0.0678. The van der Waals surface area contributed by atoms with Gasteiger partial charge in [-0.25, -0.2) is 0 Å². The highest BCUT2D eigenvalue weighted by Gasteiger charge is 2.15. The predicted molar refractivity (Wildman–Crippen MR) is 53.5 cm³/mol. The van der Waals surface area contributed by atoms with E-state index < -0.39 is 0 Å². The first-order valence-electron chi connectivity index (χ1n) is 4.93. The van der Waals surface area contributed by atoms with E-state index in [0.717, 1.165) is 26.2 Å². The molecule has 1 heterocycles. The second-order valence-electron chi connectivity index (χ2n) is 3.89. The monoisotopic (exact) mass is 187 g/mol. The molecule has 0 aromatic heterocycles. The zero-order chi connectivity index (χ0) is 9.68. The van der Waals surface area contributed by atoms with Crippen molar-refractivity contribution in [3.8, 4) is 0 Å². The molecule has 2 N–H and O–H groups in total. The Morgan fingerprint density at radius 2 is 2.38 bits per heavy atom. The van der Waals surface area contributed by atoms with Gasteiger partial charge in [-0.15, -0.1) is 0 Å². The van der Waals surface area contributed by atoms with E-state index in [2.05, 4.69) is 17.7 Å². The first kappa shape index (κ1) is 10.9. The van der Waals surface area contributed by atoms with Crippen LogP contribution in [0.2, 0.25) is 0 Å². The summed E-state index contributed by atoms with van der Waals surface area (Å²) < 4.78 is 5.38. The first-order chi connectivity index (χ1) is 6.18. The smallest absolute Gasteiger partial charge is 0.0620 e. The summed E-state index contributed by atoms with van der Waals surface area (Å²) >= 11 is 0. The molecule has 0 aromatic rings. The van der Waals surface area contributed by atoms with Crippen LogP contribution in [0, 0.1) is 0 Å². The van der Waals surface area contributed by atoms with E-state index >= 15 is 0 Å². The van der Waals surface area contributed by atoms with Crippen LogP contribution < -0.4 is 10.7 Å². The number of ether oxygens (including phenoxy) is 1. The third-order valence-electron chi connectivity index (χ3n) is 2.12. The Morgan fingerprint density at radius 1 is 1.62 bits per heavy atom. The molecule has 0 spiro atoms. The second-order valence-corrected chi connectivity index (χ2v) is 3.89. The van der Waals surface area contributed by atoms with Crippen molar-refractivity contribution in [3.63, 3.8) is 0 Å². The molecular formula is C9H21N3O. The Hall–Kier alpha value is -0.160. The number of hydrogen-bond donors (Lipinski definition) is 2. The summed E-state index contributed by atoms with van der Waals surface area (Å²) in [4.78, 5) is 0. The van der Waals surface area contributed by atoms with E-state index in [1.165, 1.54) is 0 Å². The highest BCUT2D eigenvalue weighted by molar-refractivity contribution is 4.74. The standard InChI is InChI=1S/C9H21N3O/c1-8(11-12(2)3)6-9-7-13-5-4-10-9/h8-11H,4-7H2,1-3H3. The van der Waals surface area contributed by atoms with Gasteiger partial charge in [-0.05, 0) is 13.3 Å². The molecule has 4 heteroatoms. The van der Waals surface area contributed by atoms with Crippen LogP contribution in [0.5, 0.6) is 0 Å². The summed E-state index contributed by atoms with van der Waals surface area (Å²) in [6, 6.07) is 1.00. The van der Waals surface area contributed by atoms with Crippen molar-refractivity contribution in [2.24, 2.45) is 0 Å². The van der Waals surface area contributed by atoms with Gasteiger partial charge in [-0.2, -0.15) is 0 Å². The molecule has 1 aliphatic heterocycles. The molecule has 1 aliphatic rings. The lowest BCUT2D eigenvalue weighted by Crippen LogP contribution is -2.47. The van der Waals surface area contributed by atoms with Crippen molar-refractivity contribution in [1.29, 1.82) is 0 Å². The Kier molecular flexibility index (Phi) is 4.66. The zero-order valence-electron chi connectivity index (χ0n) is 8.84. The van der Waals surface area contributed by atoms with Crippen LogP contribution in [-0.2, 0) is 4.74 Å². The van der Waals surface area contributed by atoms with Gasteiger partial charge in [-0.1, -0.05) is 0 Å². The molecule has 0 aromatic carbocycles. The van der Waals surface area contributed by atoms with Crippen LogP contribution in [0.1, 0.15) is 13.3 Å². The fourth-order valence-corrected chi connectivity index (χ4v) is 1.69. The lowest BCUT2D eigenvalue weighted by atomic mass is 10.1. The molecule has 0 radical (unpaired) electrons. The van der Waals surface area contributed by atoms with Crippen LogP contribution in [0.25, 0.3) is 0 Å². The molecule has 78 valence electrons. The highest BCUT2D eigenvalue weighted by Crippen LogP contribution is 2.02. The fourth-order valence-electron chi connectivity index (χ4n) is 1.69. The van der Waals surface area contributed by atoms with Crippen molar-refractivity contribution >= 4 is 0 Å². The fraction of sp³-hybridized carbons (Fsp3) is 1.00. The van der Waals surface area contributed by atoms with Gasteiger partial charge in [0.05, 0.1) is 13.2 Å². The van der Waals surface area contributed by atoms with Crippen LogP contribution in [-0.4, -0.2) is 50.9 Å². The van der Waals surface area contributed by atoms with Crippen molar-refractivity contribution in [3.05, 3.63) is 0 Å². The van der Waals surface area contributed by atoms with Gasteiger partial charge in [0.15, 0.2) is 0 Å².